The van der Waals surface area contributed by atoms with E-state index in [9.17, 15) is 18.3 Å². The van der Waals surface area contributed by atoms with Gasteiger partial charge in [-0.05, 0) is 80.2 Å². The smallest absolute Gasteiger partial charge is 0.253 e. The van der Waals surface area contributed by atoms with Crippen molar-refractivity contribution in [3.63, 3.8) is 0 Å². The summed E-state index contributed by atoms with van der Waals surface area (Å²) in [5.74, 6) is -0.0758. The van der Waals surface area contributed by atoms with Crippen LogP contribution in [0.5, 0.6) is 0 Å². The van der Waals surface area contributed by atoms with Crippen LogP contribution in [0, 0.1) is 17.2 Å². The maximum atomic E-state index is 15.0. The molecule has 3 aliphatic heterocycles. The number of aromatic nitrogens is 2. The molecule has 4 fully saturated rings. The number of nitrogens with one attached hydrogen (secondary N) is 2. The SMILES string of the molecule is CC(=O)Nc1ccc(S(=O)(=O)NN2C3CC4CC2CC(C(O)CC2c5c(F)cccc5-c5cncn52)(C4)C3)cc1. The molecule has 2 aliphatic carbocycles. The third-order valence-electron chi connectivity index (χ3n) is 9.51. The molecular weight excluding hydrogens is 533 g/mol. The van der Waals surface area contributed by atoms with Crippen LogP contribution >= 0.6 is 0 Å². The lowest BCUT2D eigenvalue weighted by atomic mass is 9.53. The second kappa shape index (κ2) is 9.20. The van der Waals surface area contributed by atoms with E-state index < -0.39 is 16.1 Å². The average Bonchev–Trinajstić information content (AvgIpc) is 3.49. The lowest BCUT2D eigenvalue weighted by Gasteiger charge is -2.62. The summed E-state index contributed by atoms with van der Waals surface area (Å²) in [5, 5.41) is 16.3. The summed E-state index contributed by atoms with van der Waals surface area (Å²) in [5.41, 5.74) is 2.49. The van der Waals surface area contributed by atoms with Gasteiger partial charge in [0.2, 0.25) is 5.91 Å². The number of halogens is 1. The van der Waals surface area contributed by atoms with E-state index in [2.05, 4.69) is 15.1 Å². The van der Waals surface area contributed by atoms with Crippen molar-refractivity contribution in [3.8, 4) is 11.3 Å². The van der Waals surface area contributed by atoms with Crippen molar-refractivity contribution in [1.29, 1.82) is 0 Å². The Morgan fingerprint density at radius 3 is 2.58 bits per heavy atom. The number of anilines is 1. The van der Waals surface area contributed by atoms with Crippen molar-refractivity contribution in [2.24, 2.45) is 11.3 Å². The zero-order chi connectivity index (χ0) is 27.8. The molecule has 2 aromatic carbocycles. The molecule has 0 radical (unpaired) electrons. The van der Waals surface area contributed by atoms with Crippen LogP contribution in [0.1, 0.15) is 57.1 Å². The summed E-state index contributed by atoms with van der Waals surface area (Å²) in [6.45, 7) is 1.40. The van der Waals surface area contributed by atoms with E-state index in [0.29, 0.717) is 36.4 Å². The van der Waals surface area contributed by atoms with E-state index in [1.165, 1.54) is 25.1 Å². The minimum atomic E-state index is -3.82. The van der Waals surface area contributed by atoms with Gasteiger partial charge in [0, 0.05) is 35.8 Å². The molecule has 40 heavy (non-hydrogen) atoms. The Morgan fingerprint density at radius 2 is 1.88 bits per heavy atom. The molecule has 3 aromatic rings. The fourth-order valence-electron chi connectivity index (χ4n) is 8.05. The number of aliphatic hydroxyl groups is 1. The van der Waals surface area contributed by atoms with Gasteiger partial charge in [-0.1, -0.05) is 12.1 Å². The largest absolute Gasteiger partial charge is 0.392 e. The van der Waals surface area contributed by atoms with Gasteiger partial charge in [-0.25, -0.2) is 22.8 Å². The number of piperidine rings is 2. The first-order valence-electron chi connectivity index (χ1n) is 13.8. The predicted octanol–water partition coefficient (Wildman–Crippen LogP) is 3.83. The summed E-state index contributed by atoms with van der Waals surface area (Å²) in [6.07, 6.45) is 7.19. The van der Waals surface area contributed by atoms with Crippen LogP contribution in [-0.4, -0.2) is 52.2 Å². The Morgan fingerprint density at radius 1 is 1.15 bits per heavy atom. The van der Waals surface area contributed by atoms with E-state index in [4.69, 9.17) is 0 Å². The minimum absolute atomic E-state index is 0.0225. The van der Waals surface area contributed by atoms with E-state index in [1.807, 2.05) is 15.6 Å². The van der Waals surface area contributed by atoms with Crippen LogP contribution in [0.2, 0.25) is 0 Å². The lowest BCUT2D eigenvalue weighted by molar-refractivity contribution is -0.163. The number of hydrogen-bond acceptors (Lipinski definition) is 6. The zero-order valence-electron chi connectivity index (χ0n) is 22.1. The number of aliphatic hydroxyl groups excluding tert-OH is 1. The van der Waals surface area contributed by atoms with Gasteiger partial charge in [0.1, 0.15) is 5.82 Å². The molecule has 9 nitrogen and oxygen atoms in total. The molecule has 210 valence electrons. The number of nitrogens with zero attached hydrogens (tertiary/aromatic N) is 3. The van der Waals surface area contributed by atoms with E-state index in [1.54, 1.807) is 30.7 Å². The summed E-state index contributed by atoms with van der Waals surface area (Å²) in [4.78, 5) is 18.5. The van der Waals surface area contributed by atoms with E-state index in [0.717, 1.165) is 30.5 Å². The Kier molecular flexibility index (Phi) is 5.94. The number of benzene rings is 2. The molecule has 1 aromatic heterocycles. The van der Waals surface area contributed by atoms with Gasteiger partial charge in [-0.2, -0.15) is 0 Å². The molecule has 1 amide bonds. The lowest BCUT2D eigenvalue weighted by Crippen LogP contribution is -2.68. The topological polar surface area (TPSA) is 117 Å². The summed E-state index contributed by atoms with van der Waals surface area (Å²) in [6, 6.07) is 10.8. The number of carbonyl (C=O) groups excluding carboxylic acids is 1. The molecule has 2 saturated heterocycles. The third-order valence-corrected chi connectivity index (χ3v) is 10.8. The minimum Gasteiger partial charge on any atom is -0.392 e. The number of amides is 1. The molecule has 4 atom stereocenters. The first-order chi connectivity index (χ1) is 19.1. The van der Waals surface area contributed by atoms with Crippen molar-refractivity contribution in [3.05, 3.63) is 66.4 Å². The highest BCUT2D eigenvalue weighted by Gasteiger charge is 2.58. The second-order valence-corrected chi connectivity index (χ2v) is 13.6. The van der Waals surface area contributed by atoms with Crippen molar-refractivity contribution < 1.29 is 22.7 Å². The second-order valence-electron chi connectivity index (χ2n) is 12.0. The van der Waals surface area contributed by atoms with Crippen molar-refractivity contribution in [2.45, 2.75) is 74.6 Å². The van der Waals surface area contributed by atoms with Crippen LogP contribution in [0.3, 0.4) is 0 Å². The summed E-state index contributed by atoms with van der Waals surface area (Å²) >= 11 is 0. The number of fused-ring (bicyclic) bond motifs is 3. The first-order valence-corrected chi connectivity index (χ1v) is 15.3. The Balaban J connectivity index is 1.10. The first kappa shape index (κ1) is 25.8. The molecule has 4 unspecified atom stereocenters. The maximum absolute atomic E-state index is 15.0. The molecule has 4 bridgehead atoms. The average molecular weight is 566 g/mol. The van der Waals surface area contributed by atoms with Crippen molar-refractivity contribution >= 4 is 21.6 Å². The molecule has 11 heteroatoms. The van der Waals surface area contributed by atoms with Gasteiger partial charge in [0.05, 0.1) is 35.3 Å². The zero-order valence-corrected chi connectivity index (χ0v) is 22.9. The van der Waals surface area contributed by atoms with Gasteiger partial charge in [-0.3, -0.25) is 4.79 Å². The van der Waals surface area contributed by atoms with Crippen LogP contribution in [0.15, 0.2) is 59.9 Å². The standard InChI is InChI=1S/C29H32FN5O4S/c1-17(36)32-19-5-7-22(8-6-19)40(38,39)33-35-20-9-18-10-21(35)14-29(12-18,13-20)27(37)11-25-28-23(3-2-4-24(28)30)26-15-31-16-34(25)26/h2-8,15-16,18,20-21,25,27,33,37H,9-14H2,1H3,(H,32,36). The normalized spacial score (nSPS) is 29.3. The number of sulfonamides is 1. The van der Waals surface area contributed by atoms with Gasteiger partial charge in [0.25, 0.3) is 10.0 Å². The quantitative estimate of drug-likeness (QED) is 0.401. The van der Waals surface area contributed by atoms with Gasteiger partial charge >= 0.3 is 0 Å². The number of hydrogen-bond donors (Lipinski definition) is 3. The summed E-state index contributed by atoms with van der Waals surface area (Å²) in [7, 11) is -3.82. The number of rotatable bonds is 7. The fraction of sp³-hybridized carbons (Fsp3) is 0.448. The Labute approximate surface area is 232 Å². The van der Waals surface area contributed by atoms with Crippen LogP contribution in [-0.2, 0) is 14.8 Å². The predicted molar refractivity (Wildman–Crippen MR) is 146 cm³/mol. The molecular formula is C29H32FN5O4S. The van der Waals surface area contributed by atoms with Crippen molar-refractivity contribution in [1.82, 2.24) is 19.4 Å². The third kappa shape index (κ3) is 4.09. The highest BCUT2D eigenvalue weighted by molar-refractivity contribution is 7.89. The van der Waals surface area contributed by atoms with Gasteiger partial charge < -0.3 is 15.0 Å². The molecule has 2 saturated carbocycles. The van der Waals surface area contributed by atoms with Crippen molar-refractivity contribution in [2.75, 3.05) is 5.32 Å². The number of carbonyl (C=O) groups is 1. The Hall–Kier alpha value is -3.12. The van der Waals surface area contributed by atoms with E-state index >= 15 is 4.39 Å². The molecule has 4 heterocycles. The molecule has 8 rings (SSSR count). The Bertz CT molecular complexity index is 1570. The highest BCUT2D eigenvalue weighted by Crippen LogP contribution is 2.59. The van der Waals surface area contributed by atoms with Gasteiger partial charge in [0.15, 0.2) is 0 Å². The fourth-order valence-corrected chi connectivity index (χ4v) is 9.22. The van der Waals surface area contributed by atoms with Gasteiger partial charge in [-0.15, -0.1) is 4.83 Å². The maximum Gasteiger partial charge on any atom is 0.253 e. The molecule has 5 aliphatic rings. The highest BCUT2D eigenvalue weighted by atomic mass is 32.2. The van der Waals surface area contributed by atoms with Crippen LogP contribution in [0.25, 0.3) is 11.3 Å². The summed E-state index contributed by atoms with van der Waals surface area (Å²) < 4.78 is 43.6. The van der Waals surface area contributed by atoms with Crippen LogP contribution in [0.4, 0.5) is 10.1 Å². The molecule has 0 spiro atoms. The molecule has 3 N–H and O–H groups in total. The number of hydrazine groups is 1. The number of imidazole rings is 1. The monoisotopic (exact) mass is 565 g/mol. The van der Waals surface area contributed by atoms with Crippen LogP contribution < -0.4 is 10.1 Å². The van der Waals surface area contributed by atoms with E-state index in [-0.39, 0.29) is 40.2 Å².